The van der Waals surface area contributed by atoms with Crippen LogP contribution in [0.1, 0.15) is 57.6 Å². The molecule has 4 rings (SSSR count). The molecular formula is C29H41N5O3. The zero-order valence-corrected chi connectivity index (χ0v) is 22.5. The van der Waals surface area contributed by atoms with Gasteiger partial charge in [0, 0.05) is 57.6 Å². The van der Waals surface area contributed by atoms with Gasteiger partial charge >= 0.3 is 5.69 Å². The highest BCUT2D eigenvalue weighted by Crippen LogP contribution is 2.26. The van der Waals surface area contributed by atoms with Crippen molar-refractivity contribution in [2.24, 2.45) is 0 Å². The number of likely N-dealkylation sites (tertiary alicyclic amines) is 1. The largest absolute Gasteiger partial charge is 0.383 e. The van der Waals surface area contributed by atoms with Gasteiger partial charge < -0.3 is 9.64 Å². The zero-order chi connectivity index (χ0) is 26.2. The van der Waals surface area contributed by atoms with Crippen molar-refractivity contribution in [1.82, 2.24) is 23.9 Å². The van der Waals surface area contributed by atoms with Gasteiger partial charge in [0.05, 0.1) is 24.2 Å². The van der Waals surface area contributed by atoms with Crippen LogP contribution in [0.15, 0.2) is 53.6 Å². The molecule has 1 atom stereocenters. The Morgan fingerprint density at radius 3 is 2.51 bits per heavy atom. The van der Waals surface area contributed by atoms with Crippen LogP contribution in [-0.2, 0) is 22.6 Å². The molecule has 8 nitrogen and oxygen atoms in total. The lowest BCUT2D eigenvalue weighted by Crippen LogP contribution is -2.41. The van der Waals surface area contributed by atoms with E-state index in [1.807, 2.05) is 50.7 Å². The van der Waals surface area contributed by atoms with Crippen LogP contribution in [0.5, 0.6) is 0 Å². The molecule has 1 aromatic carbocycles. The number of hydrogen-bond acceptors (Lipinski definition) is 5. The number of carbonyl (C=O) groups excluding carboxylic acids is 1. The summed E-state index contributed by atoms with van der Waals surface area (Å²) in [5, 5.41) is 0. The molecule has 1 aliphatic rings. The SMILES string of the molecule is CCC(C)N(CCCC(=O)N1CCC(n2c(=O)n(CCOC)c3ccccc32)CC1)Cc1ccncc1. The molecule has 0 bridgehead atoms. The first-order valence-electron chi connectivity index (χ1n) is 13.6. The molecule has 2 aromatic heterocycles. The van der Waals surface area contributed by atoms with Crippen molar-refractivity contribution in [3.63, 3.8) is 0 Å². The first kappa shape index (κ1) is 27.1. The van der Waals surface area contributed by atoms with Crippen molar-refractivity contribution in [2.75, 3.05) is 33.4 Å². The maximum absolute atomic E-state index is 13.3. The summed E-state index contributed by atoms with van der Waals surface area (Å²) in [5.41, 5.74) is 3.18. The molecule has 1 unspecified atom stereocenters. The van der Waals surface area contributed by atoms with Gasteiger partial charge in [0.2, 0.25) is 5.91 Å². The molecule has 1 amide bonds. The van der Waals surface area contributed by atoms with Crippen LogP contribution in [0.25, 0.3) is 11.0 Å². The quantitative estimate of drug-likeness (QED) is 0.369. The Morgan fingerprint density at radius 1 is 1.14 bits per heavy atom. The number of fused-ring (bicyclic) bond motifs is 1. The van der Waals surface area contributed by atoms with E-state index in [4.69, 9.17) is 4.74 Å². The molecule has 0 aliphatic carbocycles. The van der Waals surface area contributed by atoms with E-state index in [0.717, 1.165) is 49.8 Å². The Morgan fingerprint density at radius 2 is 1.84 bits per heavy atom. The molecule has 200 valence electrons. The molecule has 1 fully saturated rings. The summed E-state index contributed by atoms with van der Waals surface area (Å²) in [5.74, 6) is 0.223. The summed E-state index contributed by atoms with van der Waals surface area (Å²) in [7, 11) is 1.65. The summed E-state index contributed by atoms with van der Waals surface area (Å²) in [6.45, 7) is 8.66. The van der Waals surface area contributed by atoms with Gasteiger partial charge in [0.15, 0.2) is 0 Å². The lowest BCUT2D eigenvalue weighted by molar-refractivity contribution is -0.132. The molecule has 0 spiro atoms. The van der Waals surface area contributed by atoms with Gasteiger partial charge in [0.1, 0.15) is 0 Å². The number of nitrogens with zero attached hydrogens (tertiary/aromatic N) is 5. The van der Waals surface area contributed by atoms with E-state index in [1.165, 1.54) is 5.56 Å². The number of imidazole rings is 1. The van der Waals surface area contributed by atoms with Crippen LogP contribution in [-0.4, -0.2) is 69.2 Å². The highest BCUT2D eigenvalue weighted by molar-refractivity contribution is 5.77. The van der Waals surface area contributed by atoms with Crippen molar-refractivity contribution in [2.45, 2.75) is 71.1 Å². The van der Waals surface area contributed by atoms with Crippen molar-refractivity contribution in [1.29, 1.82) is 0 Å². The fourth-order valence-electron chi connectivity index (χ4n) is 5.38. The Balaban J connectivity index is 1.32. The van der Waals surface area contributed by atoms with Crippen molar-refractivity contribution in [3.05, 3.63) is 64.8 Å². The fourth-order valence-corrected chi connectivity index (χ4v) is 5.38. The molecule has 3 heterocycles. The average Bonchev–Trinajstić information content (AvgIpc) is 3.22. The topological polar surface area (TPSA) is 72.6 Å². The molecular weight excluding hydrogens is 466 g/mol. The molecule has 37 heavy (non-hydrogen) atoms. The second-order valence-electron chi connectivity index (χ2n) is 10.1. The second-order valence-corrected chi connectivity index (χ2v) is 10.1. The van der Waals surface area contributed by atoms with E-state index in [-0.39, 0.29) is 17.6 Å². The number of pyridine rings is 1. The van der Waals surface area contributed by atoms with Gasteiger partial charge in [-0.2, -0.15) is 0 Å². The summed E-state index contributed by atoms with van der Waals surface area (Å²) in [6.07, 6.45) is 7.75. The number of aromatic nitrogens is 3. The summed E-state index contributed by atoms with van der Waals surface area (Å²) >= 11 is 0. The Hall–Kier alpha value is -2.97. The minimum Gasteiger partial charge on any atom is -0.383 e. The standard InChI is InChI=1S/C29H41N5O3/c1-4-23(2)32(22-24-11-15-30-16-12-24)17-7-10-28(35)31-18-13-25(14-19-31)34-27-9-6-5-8-26(27)33(29(34)36)20-21-37-3/h5-6,8-9,11-12,15-16,23,25H,4,7,10,13-14,17-22H2,1-3H3. The highest BCUT2D eigenvalue weighted by Gasteiger charge is 2.27. The maximum atomic E-state index is 13.3. The lowest BCUT2D eigenvalue weighted by Gasteiger charge is -2.33. The third-order valence-corrected chi connectivity index (χ3v) is 7.76. The number of rotatable bonds is 12. The molecule has 0 saturated carbocycles. The summed E-state index contributed by atoms with van der Waals surface area (Å²) in [6, 6.07) is 12.7. The van der Waals surface area contributed by atoms with Crippen LogP contribution >= 0.6 is 0 Å². The smallest absolute Gasteiger partial charge is 0.329 e. The number of ether oxygens (including phenoxy) is 1. The van der Waals surface area contributed by atoms with Crippen molar-refractivity contribution in [3.8, 4) is 0 Å². The second kappa shape index (κ2) is 13.0. The molecule has 0 radical (unpaired) electrons. The zero-order valence-electron chi connectivity index (χ0n) is 22.5. The molecule has 1 saturated heterocycles. The predicted molar refractivity (Wildman–Crippen MR) is 147 cm³/mol. The summed E-state index contributed by atoms with van der Waals surface area (Å²) < 4.78 is 8.97. The minimum absolute atomic E-state index is 0.0161. The Kier molecular flexibility index (Phi) is 9.52. The van der Waals surface area contributed by atoms with E-state index in [1.54, 1.807) is 7.11 Å². The Labute approximate surface area is 219 Å². The van der Waals surface area contributed by atoms with E-state index in [0.29, 0.717) is 38.7 Å². The van der Waals surface area contributed by atoms with Gasteiger partial charge in [-0.3, -0.25) is 23.8 Å². The number of methoxy groups -OCH3 is 1. The molecule has 8 heteroatoms. The van der Waals surface area contributed by atoms with Crippen molar-refractivity contribution < 1.29 is 9.53 Å². The van der Waals surface area contributed by atoms with E-state index in [9.17, 15) is 9.59 Å². The van der Waals surface area contributed by atoms with Gasteiger partial charge in [-0.15, -0.1) is 0 Å². The van der Waals surface area contributed by atoms with Crippen LogP contribution < -0.4 is 5.69 Å². The normalized spacial score (nSPS) is 15.5. The summed E-state index contributed by atoms with van der Waals surface area (Å²) in [4.78, 5) is 34.9. The first-order chi connectivity index (χ1) is 18.0. The predicted octanol–water partition coefficient (Wildman–Crippen LogP) is 4.09. The van der Waals surface area contributed by atoms with Crippen LogP contribution in [0, 0.1) is 0 Å². The molecule has 3 aromatic rings. The maximum Gasteiger partial charge on any atom is 0.329 e. The number of piperidine rings is 1. The van der Waals surface area contributed by atoms with Gasteiger partial charge in [-0.1, -0.05) is 19.1 Å². The number of benzene rings is 1. The van der Waals surface area contributed by atoms with E-state index < -0.39 is 0 Å². The van der Waals surface area contributed by atoms with Gasteiger partial charge in [-0.25, -0.2) is 4.79 Å². The fraction of sp³-hybridized carbons (Fsp3) is 0.552. The van der Waals surface area contributed by atoms with E-state index >= 15 is 0 Å². The van der Waals surface area contributed by atoms with Crippen LogP contribution in [0.4, 0.5) is 0 Å². The molecule has 1 aliphatic heterocycles. The average molecular weight is 508 g/mol. The first-order valence-corrected chi connectivity index (χ1v) is 13.6. The number of hydrogen-bond donors (Lipinski definition) is 0. The number of para-hydroxylation sites is 2. The lowest BCUT2D eigenvalue weighted by atomic mass is 10.0. The Bertz CT molecular complexity index is 1200. The third-order valence-electron chi connectivity index (χ3n) is 7.76. The number of amides is 1. The van der Waals surface area contributed by atoms with E-state index in [2.05, 4.69) is 35.9 Å². The van der Waals surface area contributed by atoms with Gasteiger partial charge in [0.25, 0.3) is 0 Å². The van der Waals surface area contributed by atoms with Gasteiger partial charge in [-0.05, 0) is 69.0 Å². The monoisotopic (exact) mass is 507 g/mol. The highest BCUT2D eigenvalue weighted by atomic mass is 16.5. The van der Waals surface area contributed by atoms with Crippen molar-refractivity contribution >= 4 is 16.9 Å². The molecule has 0 N–H and O–H groups in total. The third kappa shape index (κ3) is 6.48. The van der Waals surface area contributed by atoms with Crippen LogP contribution in [0.3, 0.4) is 0 Å². The number of carbonyl (C=O) groups is 1. The minimum atomic E-state index is 0.0161. The van der Waals surface area contributed by atoms with Crippen LogP contribution in [0.2, 0.25) is 0 Å².